The van der Waals surface area contributed by atoms with E-state index >= 15 is 0 Å². The van der Waals surface area contributed by atoms with E-state index < -0.39 is 10.0 Å². The number of carbonyl (C=O) groups excluding carboxylic acids is 1. The van der Waals surface area contributed by atoms with Gasteiger partial charge in [-0.15, -0.1) is 0 Å². The summed E-state index contributed by atoms with van der Waals surface area (Å²) in [6, 6.07) is 6.79. The first-order chi connectivity index (χ1) is 13.3. The molecule has 1 aliphatic heterocycles. The van der Waals surface area contributed by atoms with Crippen molar-refractivity contribution in [1.82, 2.24) is 9.21 Å². The molecule has 28 heavy (non-hydrogen) atoms. The first kappa shape index (κ1) is 21.3. The first-order valence-corrected chi connectivity index (χ1v) is 11.6. The van der Waals surface area contributed by atoms with Gasteiger partial charge in [-0.05, 0) is 36.0 Å². The molecule has 7 heteroatoms. The largest absolute Gasteiger partial charge is 0.468 e. The average Bonchev–Trinajstić information content (AvgIpc) is 3.12. The third-order valence-corrected chi connectivity index (χ3v) is 8.10. The van der Waals surface area contributed by atoms with Gasteiger partial charge in [-0.2, -0.15) is 0 Å². The van der Waals surface area contributed by atoms with Crippen LogP contribution in [0.3, 0.4) is 0 Å². The maximum absolute atomic E-state index is 12.4. The highest BCUT2D eigenvalue weighted by Crippen LogP contribution is 2.38. The average molecular weight is 409 g/mol. The lowest BCUT2D eigenvalue weighted by molar-refractivity contribution is -0.146. The molecule has 1 saturated heterocycles. The normalized spacial score (nSPS) is 24.6. The summed E-state index contributed by atoms with van der Waals surface area (Å²) >= 11 is 0. The molecule has 3 rings (SSSR count). The van der Waals surface area contributed by atoms with Crippen molar-refractivity contribution < 1.29 is 17.9 Å². The second-order valence-electron chi connectivity index (χ2n) is 8.30. The molecule has 0 aromatic heterocycles. The number of likely N-dealkylation sites (tertiary alicyclic amines) is 1. The van der Waals surface area contributed by atoms with Gasteiger partial charge in [0.25, 0.3) is 0 Å². The highest BCUT2D eigenvalue weighted by molar-refractivity contribution is 7.89. The molecular formula is C21H32N2O4S. The van der Waals surface area contributed by atoms with Gasteiger partial charge in [0.05, 0.1) is 12.0 Å². The van der Waals surface area contributed by atoms with Crippen molar-refractivity contribution in [3.05, 3.63) is 29.8 Å². The lowest BCUT2D eigenvalue weighted by Crippen LogP contribution is -2.36. The lowest BCUT2D eigenvalue weighted by atomic mass is 9.79. The zero-order valence-corrected chi connectivity index (χ0v) is 18.0. The highest BCUT2D eigenvalue weighted by Gasteiger charge is 2.40. The number of rotatable bonds is 6. The Kier molecular flexibility index (Phi) is 6.78. The van der Waals surface area contributed by atoms with Crippen LogP contribution >= 0.6 is 0 Å². The van der Waals surface area contributed by atoms with E-state index in [0.717, 1.165) is 18.5 Å². The Morgan fingerprint density at radius 1 is 1.18 bits per heavy atom. The summed E-state index contributed by atoms with van der Waals surface area (Å²) in [5, 5.41) is 0. The Bertz CT molecular complexity index is 787. The number of esters is 1. The molecule has 0 bridgehead atoms. The van der Waals surface area contributed by atoms with Gasteiger partial charge in [-0.1, -0.05) is 44.2 Å². The van der Waals surface area contributed by atoms with Crippen LogP contribution in [0, 0.1) is 11.8 Å². The minimum atomic E-state index is -3.47. The summed E-state index contributed by atoms with van der Waals surface area (Å²) < 4.78 is 31.2. The van der Waals surface area contributed by atoms with Crippen LogP contribution in [0.1, 0.15) is 44.1 Å². The van der Waals surface area contributed by atoms with Gasteiger partial charge in [0.15, 0.2) is 0 Å². The Labute approximate surface area is 168 Å². The molecule has 2 aliphatic rings. The van der Waals surface area contributed by atoms with E-state index in [0.29, 0.717) is 18.4 Å². The molecule has 0 unspecified atom stereocenters. The summed E-state index contributed by atoms with van der Waals surface area (Å²) in [5.74, 6) is 1.01. The molecule has 1 saturated carbocycles. The summed E-state index contributed by atoms with van der Waals surface area (Å²) in [6.45, 7) is 1.43. The molecular weight excluding hydrogens is 376 g/mol. The third-order valence-electron chi connectivity index (χ3n) is 6.29. The van der Waals surface area contributed by atoms with Crippen LogP contribution in [0.2, 0.25) is 0 Å². The number of benzene rings is 1. The predicted molar refractivity (Wildman–Crippen MR) is 108 cm³/mol. The zero-order chi connectivity index (χ0) is 20.3. The van der Waals surface area contributed by atoms with Gasteiger partial charge in [-0.25, -0.2) is 12.7 Å². The van der Waals surface area contributed by atoms with Crippen LogP contribution in [0.25, 0.3) is 0 Å². The van der Waals surface area contributed by atoms with E-state index in [9.17, 15) is 13.2 Å². The van der Waals surface area contributed by atoms with Crippen LogP contribution < -0.4 is 0 Å². The Hall–Kier alpha value is -1.44. The number of hydrogen-bond acceptors (Lipinski definition) is 5. The van der Waals surface area contributed by atoms with Crippen molar-refractivity contribution in [3.63, 3.8) is 0 Å². The number of sulfonamides is 1. The Morgan fingerprint density at radius 3 is 2.54 bits per heavy atom. The second-order valence-corrected chi connectivity index (χ2v) is 10.4. The lowest BCUT2D eigenvalue weighted by Gasteiger charge is -2.27. The molecule has 0 N–H and O–H groups in total. The van der Waals surface area contributed by atoms with Crippen molar-refractivity contribution in [3.8, 4) is 0 Å². The fourth-order valence-electron chi connectivity index (χ4n) is 4.69. The monoisotopic (exact) mass is 408 g/mol. The van der Waals surface area contributed by atoms with E-state index in [-0.39, 0.29) is 16.9 Å². The number of hydrogen-bond donors (Lipinski definition) is 0. The quantitative estimate of drug-likeness (QED) is 0.677. The molecule has 1 aliphatic carbocycles. The number of carbonyl (C=O) groups is 1. The summed E-state index contributed by atoms with van der Waals surface area (Å²) in [6.07, 6.45) is 7.24. The van der Waals surface area contributed by atoms with Gasteiger partial charge >= 0.3 is 5.97 Å². The second kappa shape index (κ2) is 8.93. The molecule has 2 fully saturated rings. The van der Waals surface area contributed by atoms with Crippen molar-refractivity contribution in [2.45, 2.75) is 56.0 Å². The predicted octanol–water partition coefficient (Wildman–Crippen LogP) is 2.88. The number of nitrogens with zero attached hydrogens (tertiary/aromatic N) is 2. The molecule has 1 aromatic carbocycles. The first-order valence-electron chi connectivity index (χ1n) is 10.2. The summed E-state index contributed by atoms with van der Waals surface area (Å²) in [4.78, 5) is 14.9. The summed E-state index contributed by atoms with van der Waals surface area (Å²) in [7, 11) is 1.04. The molecule has 156 valence electrons. The number of methoxy groups -OCH3 is 1. The Balaban J connectivity index is 1.78. The molecule has 0 spiro atoms. The molecule has 6 nitrogen and oxygen atoms in total. The van der Waals surface area contributed by atoms with Crippen LogP contribution in [0.15, 0.2) is 29.2 Å². The van der Waals surface area contributed by atoms with E-state index in [4.69, 9.17) is 4.74 Å². The van der Waals surface area contributed by atoms with Crippen LogP contribution in [-0.4, -0.2) is 57.4 Å². The minimum absolute atomic E-state index is 0.185. The summed E-state index contributed by atoms with van der Waals surface area (Å²) in [5.41, 5.74) is 0.904. The van der Waals surface area contributed by atoms with Crippen LogP contribution in [0.4, 0.5) is 0 Å². The van der Waals surface area contributed by atoms with Crippen molar-refractivity contribution in [1.29, 1.82) is 0 Å². The Morgan fingerprint density at radius 2 is 1.89 bits per heavy atom. The van der Waals surface area contributed by atoms with Crippen LogP contribution in [-0.2, 0) is 26.1 Å². The van der Waals surface area contributed by atoms with Gasteiger partial charge in [0.1, 0.15) is 6.04 Å². The smallest absolute Gasteiger partial charge is 0.323 e. The standard InChI is InChI=1S/C21H32N2O4S/c1-22(2)28(25,26)19-11-7-8-16(12-19)14-23-15-18(13-20(23)21(24)27-3)17-9-5-4-6-10-17/h7-8,11-12,17-18,20H,4-6,9-10,13-15H2,1-3H3/t18-,20-/m0/s1. The van der Waals surface area contributed by atoms with Gasteiger partial charge in [0, 0.05) is 27.2 Å². The van der Waals surface area contributed by atoms with E-state index in [1.807, 2.05) is 6.07 Å². The fourth-order valence-corrected chi connectivity index (χ4v) is 5.66. The van der Waals surface area contributed by atoms with Crippen molar-refractivity contribution in [2.75, 3.05) is 27.7 Å². The SMILES string of the molecule is COC(=O)[C@@H]1C[C@H](C2CCCCC2)CN1Cc1cccc(S(=O)(=O)N(C)C)c1. The molecule has 0 radical (unpaired) electrons. The number of ether oxygens (including phenoxy) is 1. The molecule has 0 amide bonds. The van der Waals surface area contributed by atoms with Gasteiger partial charge in [0.2, 0.25) is 10.0 Å². The fraction of sp³-hybridized carbons (Fsp3) is 0.667. The van der Waals surface area contributed by atoms with Gasteiger partial charge < -0.3 is 4.74 Å². The van der Waals surface area contributed by atoms with E-state index in [1.165, 1.54) is 57.6 Å². The van der Waals surface area contributed by atoms with Gasteiger partial charge in [-0.3, -0.25) is 9.69 Å². The maximum atomic E-state index is 12.4. The molecule has 2 atom stereocenters. The molecule has 1 heterocycles. The topological polar surface area (TPSA) is 66.9 Å². The zero-order valence-electron chi connectivity index (χ0n) is 17.1. The van der Waals surface area contributed by atoms with Crippen molar-refractivity contribution in [2.24, 2.45) is 11.8 Å². The van der Waals surface area contributed by atoms with Crippen molar-refractivity contribution >= 4 is 16.0 Å². The maximum Gasteiger partial charge on any atom is 0.323 e. The minimum Gasteiger partial charge on any atom is -0.468 e. The highest BCUT2D eigenvalue weighted by atomic mass is 32.2. The van der Waals surface area contributed by atoms with E-state index in [2.05, 4.69) is 4.90 Å². The van der Waals surface area contributed by atoms with Crippen LogP contribution in [0.5, 0.6) is 0 Å². The third kappa shape index (κ3) is 4.58. The molecule has 1 aromatic rings. The van der Waals surface area contributed by atoms with E-state index in [1.54, 1.807) is 18.2 Å².